The van der Waals surface area contributed by atoms with E-state index in [2.05, 4.69) is 98.9 Å². The molecule has 11 atom stereocenters. The van der Waals surface area contributed by atoms with Gasteiger partial charge < -0.3 is 64.2 Å². The third kappa shape index (κ3) is 24.9. The first-order valence-electron chi connectivity index (χ1n) is 23.2. The van der Waals surface area contributed by atoms with Gasteiger partial charge in [0.25, 0.3) is 0 Å². The maximum absolute atomic E-state index is 12.7. The lowest BCUT2D eigenvalue weighted by molar-refractivity contribution is -0.332. The minimum absolute atomic E-state index is 0.0255. The fourth-order valence-electron chi connectivity index (χ4n) is 6.61. The molecule has 0 bridgehead atoms. The van der Waals surface area contributed by atoms with Crippen molar-refractivity contribution in [2.45, 2.75) is 184 Å². The van der Waals surface area contributed by atoms with Gasteiger partial charge in [0.1, 0.15) is 54.9 Å². The molecule has 11 unspecified atom stereocenters. The van der Waals surface area contributed by atoms with Gasteiger partial charge in [0, 0.05) is 13.0 Å². The second-order valence-electron chi connectivity index (χ2n) is 15.8. The summed E-state index contributed by atoms with van der Waals surface area (Å²) in [5.41, 5.74) is 0. The van der Waals surface area contributed by atoms with Crippen LogP contribution in [0.3, 0.4) is 0 Å². The van der Waals surface area contributed by atoms with E-state index >= 15 is 0 Å². The fraction of sp³-hybridized carbons (Fsp3) is 0.694. The molecule has 2 fully saturated rings. The number of aliphatic hydroxyl groups excluding tert-OH is 7. The molecular formula is C49H80O14. The predicted molar refractivity (Wildman–Crippen MR) is 242 cm³/mol. The molecule has 0 amide bonds. The van der Waals surface area contributed by atoms with E-state index in [9.17, 15) is 40.5 Å². The first-order valence-corrected chi connectivity index (χ1v) is 23.2. The minimum Gasteiger partial charge on any atom is -0.457 e. The number of unbranched alkanes of at least 4 members (excludes halogenated alkanes) is 6. The fourth-order valence-corrected chi connectivity index (χ4v) is 6.61. The SMILES string of the molecule is CC/C=C\C/C=C\C/C=C\C/C=C\C/C=C\C/C=C\C/C=C\CCCCOCC(COC1OC(COC2OC(CO)C(O)C(O)C2O)C(O)C(O)C1O)OC(=O)CCCCCCC. The van der Waals surface area contributed by atoms with Gasteiger partial charge in [0.15, 0.2) is 12.6 Å². The van der Waals surface area contributed by atoms with Gasteiger partial charge in [-0.05, 0) is 70.6 Å². The van der Waals surface area contributed by atoms with Gasteiger partial charge in [0.05, 0.1) is 26.4 Å². The molecule has 2 aliphatic heterocycles. The van der Waals surface area contributed by atoms with Crippen LogP contribution >= 0.6 is 0 Å². The normalized spacial score (nSPS) is 27.8. The summed E-state index contributed by atoms with van der Waals surface area (Å²) in [6.45, 7) is 3.31. The molecule has 7 N–H and O–H groups in total. The summed E-state index contributed by atoms with van der Waals surface area (Å²) >= 11 is 0. The van der Waals surface area contributed by atoms with Crippen molar-refractivity contribution in [3.63, 3.8) is 0 Å². The molecular weight excluding hydrogens is 813 g/mol. The van der Waals surface area contributed by atoms with E-state index in [0.29, 0.717) is 13.0 Å². The summed E-state index contributed by atoms with van der Waals surface area (Å²) in [4.78, 5) is 12.7. The highest BCUT2D eigenvalue weighted by Crippen LogP contribution is 2.26. The molecule has 14 nitrogen and oxygen atoms in total. The van der Waals surface area contributed by atoms with Crippen LogP contribution in [0.25, 0.3) is 0 Å². The van der Waals surface area contributed by atoms with Crippen molar-refractivity contribution in [2.75, 3.05) is 33.0 Å². The lowest BCUT2D eigenvalue weighted by Gasteiger charge is -2.42. The number of aliphatic hydroxyl groups is 7. The zero-order valence-corrected chi connectivity index (χ0v) is 37.8. The summed E-state index contributed by atoms with van der Waals surface area (Å²) in [6.07, 6.45) is 28.6. The third-order valence-electron chi connectivity index (χ3n) is 10.4. The van der Waals surface area contributed by atoms with Gasteiger partial charge in [0.2, 0.25) is 0 Å². The number of ether oxygens (including phenoxy) is 6. The average molecular weight is 893 g/mol. The lowest BCUT2D eigenvalue weighted by Crippen LogP contribution is -2.61. The molecule has 2 rings (SSSR count). The molecule has 0 aromatic carbocycles. The monoisotopic (exact) mass is 893 g/mol. The predicted octanol–water partition coefficient (Wildman–Crippen LogP) is 5.73. The average Bonchev–Trinajstić information content (AvgIpc) is 3.28. The van der Waals surface area contributed by atoms with Gasteiger partial charge in [-0.1, -0.05) is 125 Å². The summed E-state index contributed by atoms with van der Waals surface area (Å²) in [5.74, 6) is -0.410. The Labute approximate surface area is 376 Å². The minimum atomic E-state index is -1.72. The van der Waals surface area contributed by atoms with E-state index < -0.39 is 86.7 Å². The van der Waals surface area contributed by atoms with Crippen molar-refractivity contribution in [1.82, 2.24) is 0 Å². The second kappa shape index (κ2) is 36.4. The highest BCUT2D eigenvalue weighted by molar-refractivity contribution is 5.69. The van der Waals surface area contributed by atoms with Crippen LogP contribution in [0, 0.1) is 0 Å². The van der Waals surface area contributed by atoms with Crippen LogP contribution in [0.2, 0.25) is 0 Å². The topological polar surface area (TPSA) is 214 Å². The number of hydrogen-bond donors (Lipinski definition) is 7. The van der Waals surface area contributed by atoms with Crippen molar-refractivity contribution in [2.24, 2.45) is 0 Å². The highest BCUT2D eigenvalue weighted by Gasteiger charge is 2.47. The summed E-state index contributed by atoms with van der Waals surface area (Å²) in [7, 11) is 0. The number of carbonyl (C=O) groups is 1. The van der Waals surface area contributed by atoms with Crippen molar-refractivity contribution in [3.05, 3.63) is 85.1 Å². The smallest absolute Gasteiger partial charge is 0.306 e. The molecule has 63 heavy (non-hydrogen) atoms. The van der Waals surface area contributed by atoms with Crippen molar-refractivity contribution in [3.8, 4) is 0 Å². The summed E-state index contributed by atoms with van der Waals surface area (Å²) in [5, 5.41) is 71.7. The second-order valence-corrected chi connectivity index (χ2v) is 15.8. The molecule has 0 aromatic rings. The van der Waals surface area contributed by atoms with E-state index in [-0.39, 0.29) is 19.6 Å². The Morgan fingerprint density at radius 1 is 0.540 bits per heavy atom. The molecule has 0 spiro atoms. The van der Waals surface area contributed by atoms with Crippen LogP contribution in [0.5, 0.6) is 0 Å². The van der Waals surface area contributed by atoms with Gasteiger partial charge in [-0.25, -0.2) is 0 Å². The standard InChI is InChI=1S/C49H80O14/c1-3-5-7-9-10-11-12-13-14-15-16-17-18-19-20-21-22-23-24-25-26-27-29-31-33-58-35-38(61-41(51)32-30-28-8-6-4-2)36-59-48-47(57)45(55)43(53)40(63-48)37-60-49-46(56)44(54)42(52)39(34-50)62-49/h5,7,10-11,13-14,16-17,19-20,22-23,25-26,38-40,42-50,52-57H,3-4,6,8-9,12,15,18,21,24,27-37H2,1-2H3/b7-5-,11-10-,14-13-,17-16-,20-19-,23-22-,26-25-. The quantitative estimate of drug-likeness (QED) is 0.0234. The Kier molecular flexibility index (Phi) is 32.5. The van der Waals surface area contributed by atoms with Crippen molar-refractivity contribution < 1.29 is 69.0 Å². The summed E-state index contributed by atoms with van der Waals surface area (Å²) in [6, 6.07) is 0. The third-order valence-corrected chi connectivity index (χ3v) is 10.4. The van der Waals surface area contributed by atoms with Gasteiger partial charge in [-0.3, -0.25) is 4.79 Å². The van der Waals surface area contributed by atoms with E-state index in [1.165, 1.54) is 0 Å². The van der Waals surface area contributed by atoms with Gasteiger partial charge in [-0.15, -0.1) is 0 Å². The maximum Gasteiger partial charge on any atom is 0.306 e. The highest BCUT2D eigenvalue weighted by atomic mass is 16.7. The number of esters is 1. The van der Waals surface area contributed by atoms with Crippen LogP contribution in [-0.4, -0.2) is 142 Å². The molecule has 14 heteroatoms. The molecule has 0 aliphatic carbocycles. The lowest BCUT2D eigenvalue weighted by atomic mass is 9.98. The molecule has 360 valence electrons. The van der Waals surface area contributed by atoms with Gasteiger partial charge in [-0.2, -0.15) is 0 Å². The zero-order valence-electron chi connectivity index (χ0n) is 37.8. The Bertz CT molecular complexity index is 1360. The first-order chi connectivity index (χ1) is 30.6. The Morgan fingerprint density at radius 3 is 1.57 bits per heavy atom. The van der Waals surface area contributed by atoms with Crippen LogP contribution in [0.1, 0.15) is 117 Å². The Hall–Kier alpha value is -2.83. The van der Waals surface area contributed by atoms with Crippen LogP contribution in [-0.2, 0) is 33.2 Å². The first kappa shape index (κ1) is 56.3. The Morgan fingerprint density at radius 2 is 1.03 bits per heavy atom. The van der Waals surface area contributed by atoms with E-state index in [1.54, 1.807) is 0 Å². The number of carbonyl (C=O) groups excluding carboxylic acids is 1. The van der Waals surface area contributed by atoms with Crippen LogP contribution < -0.4 is 0 Å². The maximum atomic E-state index is 12.7. The van der Waals surface area contributed by atoms with Crippen LogP contribution in [0.15, 0.2) is 85.1 Å². The zero-order chi connectivity index (χ0) is 45.9. The van der Waals surface area contributed by atoms with Gasteiger partial charge >= 0.3 is 5.97 Å². The summed E-state index contributed by atoms with van der Waals surface area (Å²) < 4.78 is 33.9. The van der Waals surface area contributed by atoms with E-state index in [4.69, 9.17) is 28.4 Å². The van der Waals surface area contributed by atoms with Crippen molar-refractivity contribution >= 4 is 5.97 Å². The molecule has 0 saturated carbocycles. The molecule has 2 aliphatic rings. The molecule has 2 saturated heterocycles. The molecule has 0 radical (unpaired) electrons. The molecule has 2 heterocycles. The van der Waals surface area contributed by atoms with E-state index in [0.717, 1.165) is 89.9 Å². The number of allylic oxidation sites excluding steroid dienone is 14. The number of rotatable bonds is 34. The Balaban J connectivity index is 1.72. The largest absolute Gasteiger partial charge is 0.457 e. The van der Waals surface area contributed by atoms with E-state index in [1.807, 2.05) is 0 Å². The molecule has 0 aromatic heterocycles. The van der Waals surface area contributed by atoms with Crippen molar-refractivity contribution in [1.29, 1.82) is 0 Å². The van der Waals surface area contributed by atoms with Crippen LogP contribution in [0.4, 0.5) is 0 Å². The number of hydrogen-bond acceptors (Lipinski definition) is 14.